The molecule has 0 aliphatic rings. The van der Waals surface area contributed by atoms with Crippen LogP contribution in [0.25, 0.3) is 11.0 Å². The van der Waals surface area contributed by atoms with Crippen molar-refractivity contribution in [2.45, 2.75) is 6.61 Å². The molecule has 0 atom stereocenters. The Morgan fingerprint density at radius 3 is 2.52 bits per heavy atom. The van der Waals surface area contributed by atoms with Crippen molar-refractivity contribution in [1.29, 1.82) is 0 Å². The van der Waals surface area contributed by atoms with Gasteiger partial charge in [0.25, 0.3) is 0 Å². The number of ether oxygens (including phenoxy) is 3. The molecule has 3 rings (SSSR count). The van der Waals surface area contributed by atoms with Gasteiger partial charge >= 0.3 is 5.97 Å². The molecule has 118 valence electrons. The highest BCUT2D eigenvalue weighted by molar-refractivity contribution is 5.77. The normalized spacial score (nSPS) is 10.5. The van der Waals surface area contributed by atoms with Crippen molar-refractivity contribution in [1.82, 2.24) is 0 Å². The van der Waals surface area contributed by atoms with Crippen molar-refractivity contribution in [3.63, 3.8) is 0 Å². The van der Waals surface area contributed by atoms with Crippen LogP contribution in [-0.4, -0.2) is 19.7 Å². The maximum absolute atomic E-state index is 11.7. The van der Waals surface area contributed by atoms with Gasteiger partial charge in [-0.25, -0.2) is 4.79 Å². The molecule has 0 N–H and O–H groups in total. The molecule has 2 aromatic carbocycles. The highest BCUT2D eigenvalue weighted by atomic mass is 16.6. The van der Waals surface area contributed by atoms with Crippen LogP contribution in [0.2, 0.25) is 0 Å². The average molecular weight is 312 g/mol. The molecular formula is C18H16O5. The second-order valence-electron chi connectivity index (χ2n) is 4.88. The molecule has 0 saturated carbocycles. The molecule has 0 unspecified atom stereocenters. The molecule has 0 radical (unpaired) electrons. The first-order valence-electron chi connectivity index (χ1n) is 7.14. The van der Waals surface area contributed by atoms with Crippen LogP contribution in [0.4, 0.5) is 0 Å². The van der Waals surface area contributed by atoms with Crippen LogP contribution in [0.3, 0.4) is 0 Å². The Labute approximate surface area is 133 Å². The Hall–Kier alpha value is -2.95. The van der Waals surface area contributed by atoms with Gasteiger partial charge in [0, 0.05) is 5.39 Å². The van der Waals surface area contributed by atoms with Crippen LogP contribution < -0.4 is 9.47 Å². The molecule has 23 heavy (non-hydrogen) atoms. The number of methoxy groups -OCH3 is 1. The Balaban J connectivity index is 1.49. The molecule has 5 nitrogen and oxygen atoms in total. The first-order valence-corrected chi connectivity index (χ1v) is 7.14. The third-order valence-corrected chi connectivity index (χ3v) is 3.27. The predicted molar refractivity (Wildman–Crippen MR) is 84.5 cm³/mol. The fourth-order valence-corrected chi connectivity index (χ4v) is 2.12. The van der Waals surface area contributed by atoms with Gasteiger partial charge in [0.2, 0.25) is 0 Å². The molecule has 0 fully saturated rings. The Morgan fingerprint density at radius 2 is 1.78 bits per heavy atom. The summed E-state index contributed by atoms with van der Waals surface area (Å²) < 4.78 is 21.1. The SMILES string of the molecule is COc1ccc(OCC(=O)OCc2cc3ccccc3o2)cc1. The largest absolute Gasteiger partial charge is 0.497 e. The number of hydrogen-bond acceptors (Lipinski definition) is 5. The van der Waals surface area contributed by atoms with Gasteiger partial charge in [-0.1, -0.05) is 18.2 Å². The maximum atomic E-state index is 11.7. The molecule has 0 saturated heterocycles. The molecule has 5 heteroatoms. The number of esters is 1. The van der Waals surface area contributed by atoms with E-state index in [2.05, 4.69) is 0 Å². The van der Waals surface area contributed by atoms with Crippen molar-refractivity contribution >= 4 is 16.9 Å². The Kier molecular flexibility index (Phi) is 4.47. The minimum absolute atomic E-state index is 0.0828. The van der Waals surface area contributed by atoms with E-state index in [-0.39, 0.29) is 13.2 Å². The van der Waals surface area contributed by atoms with Gasteiger partial charge in [0.1, 0.15) is 29.4 Å². The smallest absolute Gasteiger partial charge is 0.344 e. The summed E-state index contributed by atoms with van der Waals surface area (Å²) in [4.78, 5) is 11.7. The molecule has 1 aromatic heterocycles. The summed E-state index contributed by atoms with van der Waals surface area (Å²) in [6.45, 7) is -0.0773. The molecule has 0 aliphatic carbocycles. The lowest BCUT2D eigenvalue weighted by Crippen LogP contribution is -2.14. The highest BCUT2D eigenvalue weighted by Crippen LogP contribution is 2.19. The molecular weight excluding hydrogens is 296 g/mol. The fraction of sp³-hybridized carbons (Fsp3) is 0.167. The average Bonchev–Trinajstić information content (AvgIpc) is 3.01. The number of fused-ring (bicyclic) bond motifs is 1. The third kappa shape index (κ3) is 3.83. The zero-order chi connectivity index (χ0) is 16.1. The van der Waals surface area contributed by atoms with Crippen LogP contribution in [0.5, 0.6) is 11.5 Å². The Bertz CT molecular complexity index is 756. The van der Waals surface area contributed by atoms with Gasteiger partial charge in [-0.05, 0) is 36.4 Å². The summed E-state index contributed by atoms with van der Waals surface area (Å²) in [6.07, 6.45) is 0. The van der Waals surface area contributed by atoms with E-state index < -0.39 is 5.97 Å². The summed E-state index contributed by atoms with van der Waals surface area (Å²) in [7, 11) is 1.59. The van der Waals surface area contributed by atoms with Crippen LogP contribution in [0, 0.1) is 0 Å². The molecule has 1 heterocycles. The van der Waals surface area contributed by atoms with E-state index in [9.17, 15) is 4.79 Å². The minimum atomic E-state index is -0.457. The van der Waals surface area contributed by atoms with Crippen molar-refractivity contribution in [2.75, 3.05) is 13.7 Å². The van der Waals surface area contributed by atoms with Gasteiger partial charge in [-0.15, -0.1) is 0 Å². The molecule has 3 aromatic rings. The summed E-state index contributed by atoms with van der Waals surface area (Å²) in [5, 5.41) is 0.980. The van der Waals surface area contributed by atoms with Gasteiger partial charge in [0.15, 0.2) is 6.61 Å². The van der Waals surface area contributed by atoms with E-state index in [1.165, 1.54) is 0 Å². The summed E-state index contributed by atoms with van der Waals surface area (Å²) in [5.74, 6) is 1.45. The number of para-hydroxylation sites is 1. The summed E-state index contributed by atoms with van der Waals surface area (Å²) >= 11 is 0. The molecule has 0 bridgehead atoms. The van der Waals surface area contributed by atoms with Crippen molar-refractivity contribution < 1.29 is 23.4 Å². The third-order valence-electron chi connectivity index (χ3n) is 3.27. The highest BCUT2D eigenvalue weighted by Gasteiger charge is 2.08. The number of carbonyl (C=O) groups is 1. The van der Waals surface area contributed by atoms with E-state index >= 15 is 0 Å². The number of benzene rings is 2. The number of furan rings is 1. The number of hydrogen-bond donors (Lipinski definition) is 0. The lowest BCUT2D eigenvalue weighted by Gasteiger charge is -2.06. The van der Waals surface area contributed by atoms with E-state index in [4.69, 9.17) is 18.6 Å². The second-order valence-corrected chi connectivity index (χ2v) is 4.88. The van der Waals surface area contributed by atoms with Gasteiger partial charge in [0.05, 0.1) is 7.11 Å². The standard InChI is InChI=1S/C18H16O5/c1-20-14-6-8-15(9-7-14)21-12-18(19)22-11-16-10-13-4-2-3-5-17(13)23-16/h2-10H,11-12H2,1H3. The van der Waals surface area contributed by atoms with E-state index in [0.29, 0.717) is 11.5 Å². The van der Waals surface area contributed by atoms with Crippen molar-refractivity contribution in [2.24, 2.45) is 0 Å². The fourth-order valence-electron chi connectivity index (χ4n) is 2.12. The minimum Gasteiger partial charge on any atom is -0.497 e. The summed E-state index contributed by atoms with van der Waals surface area (Å²) in [6, 6.07) is 16.5. The Morgan fingerprint density at radius 1 is 1.04 bits per heavy atom. The monoisotopic (exact) mass is 312 g/mol. The summed E-state index contributed by atoms with van der Waals surface area (Å²) in [5.41, 5.74) is 0.771. The van der Waals surface area contributed by atoms with Crippen LogP contribution in [0.1, 0.15) is 5.76 Å². The van der Waals surface area contributed by atoms with Crippen LogP contribution in [0.15, 0.2) is 59.0 Å². The van der Waals surface area contributed by atoms with Crippen molar-refractivity contribution in [3.05, 3.63) is 60.4 Å². The van der Waals surface area contributed by atoms with E-state index in [1.807, 2.05) is 30.3 Å². The predicted octanol–water partition coefficient (Wildman–Crippen LogP) is 3.56. The van der Waals surface area contributed by atoms with E-state index in [1.54, 1.807) is 31.4 Å². The zero-order valence-electron chi connectivity index (χ0n) is 12.7. The number of rotatable bonds is 6. The molecule has 0 amide bonds. The van der Waals surface area contributed by atoms with Crippen molar-refractivity contribution in [3.8, 4) is 11.5 Å². The molecule has 0 spiro atoms. The zero-order valence-corrected chi connectivity index (χ0v) is 12.7. The first kappa shape index (κ1) is 15.0. The number of carbonyl (C=O) groups excluding carboxylic acids is 1. The van der Waals surface area contributed by atoms with E-state index in [0.717, 1.165) is 16.7 Å². The quantitative estimate of drug-likeness (QED) is 0.651. The lowest BCUT2D eigenvalue weighted by atomic mass is 10.2. The van der Waals surface area contributed by atoms with Gasteiger partial charge in [-0.2, -0.15) is 0 Å². The van der Waals surface area contributed by atoms with Gasteiger partial charge < -0.3 is 18.6 Å². The molecule has 0 aliphatic heterocycles. The first-order chi connectivity index (χ1) is 11.2. The maximum Gasteiger partial charge on any atom is 0.344 e. The van der Waals surface area contributed by atoms with Crippen LogP contribution in [-0.2, 0) is 16.1 Å². The second kappa shape index (κ2) is 6.87. The topological polar surface area (TPSA) is 57.9 Å². The van der Waals surface area contributed by atoms with Crippen LogP contribution >= 0.6 is 0 Å². The van der Waals surface area contributed by atoms with Gasteiger partial charge in [-0.3, -0.25) is 0 Å². The lowest BCUT2D eigenvalue weighted by molar-refractivity contribution is -0.147.